The molecule has 0 aliphatic carbocycles. The maximum atomic E-state index is 7.62. The summed E-state index contributed by atoms with van der Waals surface area (Å²) in [5.41, 5.74) is 2.50. The summed E-state index contributed by atoms with van der Waals surface area (Å²) in [6, 6.07) is 16.4. The van der Waals surface area contributed by atoms with Crippen LogP contribution in [0.4, 0.5) is 0 Å². The summed E-state index contributed by atoms with van der Waals surface area (Å²) in [5.74, 6) is 1.94. The summed E-state index contributed by atoms with van der Waals surface area (Å²) in [6.07, 6.45) is 1.98. The van der Waals surface area contributed by atoms with Crippen molar-refractivity contribution in [3.63, 3.8) is 0 Å². The van der Waals surface area contributed by atoms with Crippen LogP contribution in [-0.4, -0.2) is 23.4 Å². The molecule has 21 heavy (non-hydrogen) atoms. The van der Waals surface area contributed by atoms with Crippen molar-refractivity contribution in [1.82, 2.24) is 0 Å². The van der Waals surface area contributed by atoms with Gasteiger partial charge in [0.2, 0.25) is 0 Å². The van der Waals surface area contributed by atoms with Crippen LogP contribution in [0.5, 0.6) is 11.5 Å². The van der Waals surface area contributed by atoms with Crippen LogP contribution in [0.25, 0.3) is 0 Å². The summed E-state index contributed by atoms with van der Waals surface area (Å²) in [7, 11) is 0. The molecule has 114 valence electrons. The van der Waals surface area contributed by atoms with E-state index < -0.39 is 0 Å². The second kappa shape index (κ2) is 9.97. The lowest BCUT2D eigenvalue weighted by atomic mass is 10.1. The molecule has 0 fully saturated rings. The Hall–Kier alpha value is -1.84. The van der Waals surface area contributed by atoms with E-state index in [1.165, 1.54) is 11.1 Å². The van der Waals surface area contributed by atoms with E-state index in [2.05, 4.69) is 38.1 Å². The van der Waals surface area contributed by atoms with Crippen LogP contribution in [0.1, 0.15) is 25.0 Å². The number of aliphatic hydroxyl groups excluding tert-OH is 2. The number of ether oxygens (including phenoxy) is 1. The fourth-order valence-corrected chi connectivity index (χ4v) is 1.91. The first-order valence-electron chi connectivity index (χ1n) is 7.32. The quantitative estimate of drug-likeness (QED) is 0.884. The van der Waals surface area contributed by atoms with Crippen molar-refractivity contribution in [2.24, 2.45) is 0 Å². The molecular formula is C18H24O3. The molecule has 0 aliphatic rings. The molecule has 2 rings (SSSR count). The zero-order valence-corrected chi connectivity index (χ0v) is 12.7. The summed E-state index contributed by atoms with van der Waals surface area (Å²) in [5, 5.41) is 15.2. The van der Waals surface area contributed by atoms with Crippen LogP contribution in [0.2, 0.25) is 0 Å². The lowest BCUT2D eigenvalue weighted by Crippen LogP contribution is -1.93. The van der Waals surface area contributed by atoms with Gasteiger partial charge in [0.1, 0.15) is 11.5 Å². The van der Waals surface area contributed by atoms with Crippen LogP contribution in [0.3, 0.4) is 0 Å². The highest BCUT2D eigenvalue weighted by molar-refractivity contribution is 5.41. The van der Waals surface area contributed by atoms with Gasteiger partial charge >= 0.3 is 0 Å². The van der Waals surface area contributed by atoms with E-state index in [9.17, 15) is 0 Å². The van der Waals surface area contributed by atoms with Crippen molar-refractivity contribution in [3.8, 4) is 11.5 Å². The van der Waals surface area contributed by atoms with Gasteiger partial charge in [0.25, 0.3) is 0 Å². The number of rotatable bonds is 5. The van der Waals surface area contributed by atoms with E-state index >= 15 is 0 Å². The predicted molar refractivity (Wildman–Crippen MR) is 85.9 cm³/mol. The third kappa shape index (κ3) is 5.58. The highest BCUT2D eigenvalue weighted by atomic mass is 16.5. The van der Waals surface area contributed by atoms with Gasteiger partial charge in [-0.2, -0.15) is 0 Å². The molecule has 2 N–H and O–H groups in total. The van der Waals surface area contributed by atoms with Crippen molar-refractivity contribution < 1.29 is 14.9 Å². The van der Waals surface area contributed by atoms with Crippen LogP contribution in [-0.2, 0) is 12.8 Å². The minimum Gasteiger partial charge on any atom is -0.457 e. The third-order valence-electron chi connectivity index (χ3n) is 3.03. The predicted octanol–water partition coefficient (Wildman–Crippen LogP) is 3.57. The summed E-state index contributed by atoms with van der Waals surface area (Å²) in [4.78, 5) is 0. The largest absolute Gasteiger partial charge is 0.457 e. The van der Waals surface area contributed by atoms with Gasteiger partial charge in [-0.25, -0.2) is 0 Å². The number of hydrogen-bond donors (Lipinski definition) is 2. The standard InChI is InChI=1S/C16H18O.C2H6O2/c1-3-13-9-5-7-11-15(13)17-16-12-8-6-10-14(16)4-2;3-1-2-4/h5-12H,3-4H2,1-2H3;3-4H,1-2H2. The molecule has 0 aliphatic heterocycles. The van der Waals surface area contributed by atoms with Gasteiger partial charge in [-0.1, -0.05) is 50.2 Å². The first-order valence-corrected chi connectivity index (χ1v) is 7.32. The summed E-state index contributed by atoms with van der Waals surface area (Å²) in [6.45, 7) is 4.04. The average molecular weight is 288 g/mol. The van der Waals surface area contributed by atoms with Gasteiger partial charge in [-0.15, -0.1) is 0 Å². The second-order valence-corrected chi connectivity index (χ2v) is 4.47. The lowest BCUT2D eigenvalue weighted by Gasteiger charge is -2.12. The highest BCUT2D eigenvalue weighted by Gasteiger charge is 2.05. The maximum Gasteiger partial charge on any atom is 0.130 e. The molecule has 2 aromatic rings. The molecule has 0 heterocycles. The Bertz CT molecular complexity index is 476. The monoisotopic (exact) mass is 288 g/mol. The van der Waals surface area contributed by atoms with Gasteiger partial charge < -0.3 is 14.9 Å². The molecule has 0 atom stereocenters. The molecule has 0 saturated heterocycles. The Morgan fingerprint density at radius 3 is 1.43 bits per heavy atom. The van der Waals surface area contributed by atoms with Crippen molar-refractivity contribution in [1.29, 1.82) is 0 Å². The smallest absolute Gasteiger partial charge is 0.130 e. The van der Waals surface area contributed by atoms with Crippen LogP contribution >= 0.6 is 0 Å². The van der Waals surface area contributed by atoms with E-state index in [0.29, 0.717) is 0 Å². The van der Waals surface area contributed by atoms with E-state index in [-0.39, 0.29) is 13.2 Å². The zero-order valence-electron chi connectivity index (χ0n) is 12.7. The molecule has 0 saturated carbocycles. The molecule has 3 nitrogen and oxygen atoms in total. The summed E-state index contributed by atoms with van der Waals surface area (Å²) < 4.78 is 6.02. The SMILES string of the molecule is CCc1ccccc1Oc1ccccc1CC.OCCO. The minimum atomic E-state index is -0.125. The number of hydrogen-bond acceptors (Lipinski definition) is 3. The summed E-state index contributed by atoms with van der Waals surface area (Å²) >= 11 is 0. The molecule has 3 heteroatoms. The molecule has 2 aromatic carbocycles. The van der Waals surface area contributed by atoms with Crippen molar-refractivity contribution >= 4 is 0 Å². The van der Waals surface area contributed by atoms with Crippen molar-refractivity contribution in [2.45, 2.75) is 26.7 Å². The molecule has 0 spiro atoms. The number of benzene rings is 2. The van der Waals surface area contributed by atoms with Crippen LogP contribution < -0.4 is 4.74 Å². The molecular weight excluding hydrogens is 264 g/mol. The average Bonchev–Trinajstić information content (AvgIpc) is 2.56. The second-order valence-electron chi connectivity index (χ2n) is 4.47. The van der Waals surface area contributed by atoms with Crippen molar-refractivity contribution in [2.75, 3.05) is 13.2 Å². The van der Waals surface area contributed by atoms with Gasteiger partial charge in [-0.3, -0.25) is 0 Å². The molecule has 0 amide bonds. The normalized spacial score (nSPS) is 9.71. The maximum absolute atomic E-state index is 7.62. The molecule has 0 bridgehead atoms. The Morgan fingerprint density at radius 2 is 1.10 bits per heavy atom. The Morgan fingerprint density at radius 1 is 0.714 bits per heavy atom. The van der Waals surface area contributed by atoms with E-state index in [4.69, 9.17) is 14.9 Å². The molecule has 0 radical (unpaired) electrons. The van der Waals surface area contributed by atoms with Gasteiger partial charge in [0.05, 0.1) is 13.2 Å². The zero-order chi connectivity index (χ0) is 15.5. The molecule has 0 aromatic heterocycles. The highest BCUT2D eigenvalue weighted by Crippen LogP contribution is 2.28. The van der Waals surface area contributed by atoms with Gasteiger partial charge in [-0.05, 0) is 36.1 Å². The topological polar surface area (TPSA) is 49.7 Å². The minimum absolute atomic E-state index is 0.125. The lowest BCUT2D eigenvalue weighted by molar-refractivity contribution is 0.186. The van der Waals surface area contributed by atoms with Gasteiger partial charge in [0, 0.05) is 0 Å². The third-order valence-corrected chi connectivity index (χ3v) is 3.03. The fourth-order valence-electron chi connectivity index (χ4n) is 1.91. The van der Waals surface area contributed by atoms with Crippen molar-refractivity contribution in [3.05, 3.63) is 59.7 Å². The van der Waals surface area contributed by atoms with E-state index in [1.54, 1.807) is 0 Å². The number of aryl methyl sites for hydroxylation is 2. The number of para-hydroxylation sites is 2. The van der Waals surface area contributed by atoms with E-state index in [1.807, 2.05) is 24.3 Å². The molecule has 0 unspecified atom stereocenters. The first-order chi connectivity index (χ1) is 10.3. The van der Waals surface area contributed by atoms with Gasteiger partial charge in [0.15, 0.2) is 0 Å². The van der Waals surface area contributed by atoms with E-state index in [0.717, 1.165) is 24.3 Å². The Kier molecular flexibility index (Phi) is 8.17. The Labute approximate surface area is 126 Å². The fraction of sp³-hybridized carbons (Fsp3) is 0.333. The Balaban J connectivity index is 0.000000491. The van der Waals surface area contributed by atoms with Crippen LogP contribution in [0, 0.1) is 0 Å². The van der Waals surface area contributed by atoms with Crippen LogP contribution in [0.15, 0.2) is 48.5 Å². The first kappa shape index (κ1) is 17.2. The number of aliphatic hydroxyl groups is 2.